The third-order valence-electron chi connectivity index (χ3n) is 11.1. The lowest BCUT2D eigenvalue weighted by Gasteiger charge is -2.45. The molecule has 0 aromatic heterocycles. The van der Waals surface area contributed by atoms with E-state index in [-0.39, 0.29) is 0 Å². The van der Waals surface area contributed by atoms with Gasteiger partial charge in [-0.1, -0.05) is 98.6 Å². The van der Waals surface area contributed by atoms with Crippen molar-refractivity contribution in [2.24, 2.45) is 47.3 Å². The molecule has 4 aliphatic carbocycles. The van der Waals surface area contributed by atoms with Crippen molar-refractivity contribution in [3.8, 4) is 0 Å². The van der Waals surface area contributed by atoms with Crippen LogP contribution in [0.25, 0.3) is 0 Å². The molecule has 0 heterocycles. The van der Waals surface area contributed by atoms with Gasteiger partial charge >= 0.3 is 0 Å². The van der Waals surface area contributed by atoms with Crippen LogP contribution in [-0.4, -0.2) is 8.07 Å². The summed E-state index contributed by atoms with van der Waals surface area (Å²) in [5.74, 6) is 8.42. The first-order valence-corrected chi connectivity index (χ1v) is 17.5. The average Bonchev–Trinajstić information content (AvgIpc) is 3.28. The second-order valence-electron chi connectivity index (χ2n) is 13.7. The van der Waals surface area contributed by atoms with E-state index < -0.39 is 8.07 Å². The van der Waals surface area contributed by atoms with Crippen LogP contribution >= 0.6 is 0 Å². The predicted molar refractivity (Wildman–Crippen MR) is 136 cm³/mol. The Balaban J connectivity index is 1.52. The molecule has 0 N–H and O–H groups in total. The first-order chi connectivity index (χ1) is 14.3. The minimum absolute atomic E-state index is 0.893. The Bertz CT molecular complexity index is 549. The average molecular weight is 431 g/mol. The van der Waals surface area contributed by atoms with Crippen molar-refractivity contribution >= 4 is 8.07 Å². The van der Waals surface area contributed by atoms with Gasteiger partial charge < -0.3 is 0 Å². The van der Waals surface area contributed by atoms with E-state index in [1.807, 2.05) is 0 Å². The second-order valence-corrected chi connectivity index (χ2v) is 18.8. The summed E-state index contributed by atoms with van der Waals surface area (Å²) in [6, 6.07) is 0. The van der Waals surface area contributed by atoms with E-state index in [0.29, 0.717) is 0 Å². The molecule has 1 heteroatoms. The van der Waals surface area contributed by atoms with Crippen molar-refractivity contribution in [3.05, 3.63) is 0 Å². The van der Waals surface area contributed by atoms with Gasteiger partial charge in [-0.15, -0.1) is 0 Å². The largest absolute Gasteiger partial charge is 0.0689 e. The van der Waals surface area contributed by atoms with Crippen LogP contribution in [-0.2, 0) is 0 Å². The standard InChI is InChI=1S/C29H54Si/c1-20(2)12-11-13-22-18-28(25-16-9-7-14-23(22)25)30(5,6)29-19-27(21(3)4)24-15-8-10-17-26(24)29/h20-29H,7-19H2,1-6H3. The van der Waals surface area contributed by atoms with Crippen LogP contribution in [0.15, 0.2) is 0 Å². The van der Waals surface area contributed by atoms with Gasteiger partial charge in [-0.05, 0) is 84.1 Å². The van der Waals surface area contributed by atoms with E-state index in [0.717, 1.165) is 58.4 Å². The molecule has 0 bridgehead atoms. The summed E-state index contributed by atoms with van der Waals surface area (Å²) in [6.07, 6.45) is 20.3. The highest BCUT2D eigenvalue weighted by Crippen LogP contribution is 2.65. The molecule has 4 fully saturated rings. The Morgan fingerprint density at radius 1 is 0.700 bits per heavy atom. The summed E-state index contributed by atoms with van der Waals surface area (Å²) in [5, 5.41) is 0. The quantitative estimate of drug-likeness (QED) is 0.353. The highest BCUT2D eigenvalue weighted by atomic mass is 28.3. The molecular weight excluding hydrogens is 376 g/mol. The number of rotatable bonds is 7. The van der Waals surface area contributed by atoms with Crippen molar-refractivity contribution in [2.75, 3.05) is 0 Å². The van der Waals surface area contributed by atoms with Gasteiger partial charge in [0.25, 0.3) is 0 Å². The SMILES string of the molecule is CC(C)CCCC1CC([Si](C)(C)C2CC(C(C)C)C3CCCCC32)C2CCCCC12. The molecule has 8 unspecified atom stereocenters. The maximum atomic E-state index is 2.90. The smallest absolute Gasteiger partial charge is 0.0541 e. The van der Waals surface area contributed by atoms with Gasteiger partial charge in [0.15, 0.2) is 0 Å². The highest BCUT2D eigenvalue weighted by molar-refractivity contribution is 6.80. The number of fused-ring (bicyclic) bond motifs is 2. The molecule has 4 aliphatic rings. The molecule has 4 rings (SSSR count). The summed E-state index contributed by atoms with van der Waals surface area (Å²) in [6.45, 7) is 15.7. The first-order valence-electron chi connectivity index (χ1n) is 14.3. The van der Waals surface area contributed by atoms with Gasteiger partial charge in [0.2, 0.25) is 0 Å². The fourth-order valence-corrected chi connectivity index (χ4v) is 15.1. The van der Waals surface area contributed by atoms with E-state index in [9.17, 15) is 0 Å². The zero-order valence-electron chi connectivity index (χ0n) is 21.5. The van der Waals surface area contributed by atoms with Crippen LogP contribution in [0.1, 0.15) is 111 Å². The molecule has 0 saturated heterocycles. The summed E-state index contributed by atoms with van der Waals surface area (Å²) in [5.41, 5.74) is 2.31. The normalized spacial score (nSPS) is 42.0. The predicted octanol–water partition coefficient (Wildman–Crippen LogP) is 9.57. The van der Waals surface area contributed by atoms with Crippen LogP contribution in [0.4, 0.5) is 0 Å². The molecule has 8 atom stereocenters. The summed E-state index contributed by atoms with van der Waals surface area (Å²) in [4.78, 5) is 0. The summed E-state index contributed by atoms with van der Waals surface area (Å²) < 4.78 is 0. The van der Waals surface area contributed by atoms with Crippen molar-refractivity contribution in [2.45, 2.75) is 135 Å². The zero-order chi connectivity index (χ0) is 21.5. The molecular formula is C29H54Si. The maximum Gasteiger partial charge on any atom is 0.0541 e. The monoisotopic (exact) mass is 430 g/mol. The van der Waals surface area contributed by atoms with Crippen molar-refractivity contribution in [1.82, 2.24) is 0 Å². The Morgan fingerprint density at radius 3 is 1.83 bits per heavy atom. The minimum Gasteiger partial charge on any atom is -0.0689 e. The first kappa shape index (κ1) is 23.4. The molecule has 174 valence electrons. The van der Waals surface area contributed by atoms with Gasteiger partial charge in [0.05, 0.1) is 8.07 Å². The molecule has 0 aromatic rings. The Hall–Kier alpha value is 0.217. The fraction of sp³-hybridized carbons (Fsp3) is 1.00. The Morgan fingerprint density at radius 2 is 1.23 bits per heavy atom. The topological polar surface area (TPSA) is 0 Å². The Kier molecular flexibility index (Phi) is 7.48. The van der Waals surface area contributed by atoms with Gasteiger partial charge in [-0.25, -0.2) is 0 Å². The van der Waals surface area contributed by atoms with Crippen LogP contribution in [0.3, 0.4) is 0 Å². The number of hydrogen-bond donors (Lipinski definition) is 0. The lowest BCUT2D eigenvalue weighted by Crippen LogP contribution is -2.43. The van der Waals surface area contributed by atoms with Crippen LogP contribution in [0.2, 0.25) is 24.2 Å². The molecule has 0 nitrogen and oxygen atoms in total. The van der Waals surface area contributed by atoms with E-state index in [4.69, 9.17) is 0 Å². The zero-order valence-corrected chi connectivity index (χ0v) is 22.5. The molecule has 0 spiro atoms. The molecule has 0 radical (unpaired) electrons. The van der Waals surface area contributed by atoms with Crippen LogP contribution < -0.4 is 0 Å². The van der Waals surface area contributed by atoms with Gasteiger partial charge in [-0.3, -0.25) is 0 Å². The molecule has 4 saturated carbocycles. The van der Waals surface area contributed by atoms with Crippen molar-refractivity contribution in [3.63, 3.8) is 0 Å². The van der Waals surface area contributed by atoms with Gasteiger partial charge in [0, 0.05) is 0 Å². The lowest BCUT2D eigenvalue weighted by atomic mass is 9.75. The van der Waals surface area contributed by atoms with E-state index in [1.54, 1.807) is 64.2 Å². The van der Waals surface area contributed by atoms with Gasteiger partial charge in [-0.2, -0.15) is 0 Å². The van der Waals surface area contributed by atoms with Crippen LogP contribution in [0.5, 0.6) is 0 Å². The third-order valence-corrected chi connectivity index (χ3v) is 16.3. The summed E-state index contributed by atoms with van der Waals surface area (Å²) in [7, 11) is -1.24. The summed E-state index contributed by atoms with van der Waals surface area (Å²) >= 11 is 0. The van der Waals surface area contributed by atoms with E-state index in [2.05, 4.69) is 40.8 Å². The molecule has 30 heavy (non-hydrogen) atoms. The fourth-order valence-electron chi connectivity index (χ4n) is 9.68. The minimum atomic E-state index is -1.24. The molecule has 0 aliphatic heterocycles. The van der Waals surface area contributed by atoms with Crippen molar-refractivity contribution in [1.29, 1.82) is 0 Å². The third kappa shape index (κ3) is 4.49. The van der Waals surface area contributed by atoms with E-state index >= 15 is 0 Å². The lowest BCUT2D eigenvalue weighted by molar-refractivity contribution is 0.192. The van der Waals surface area contributed by atoms with Crippen molar-refractivity contribution < 1.29 is 0 Å². The second kappa shape index (κ2) is 9.60. The Labute approximate surface area is 190 Å². The highest BCUT2D eigenvalue weighted by Gasteiger charge is 2.57. The maximum absolute atomic E-state index is 2.90. The molecule has 0 aromatic carbocycles. The number of hydrogen-bond acceptors (Lipinski definition) is 0. The molecule has 0 amide bonds. The van der Waals surface area contributed by atoms with E-state index in [1.165, 1.54) is 19.3 Å². The van der Waals surface area contributed by atoms with Gasteiger partial charge in [0.1, 0.15) is 0 Å². The van der Waals surface area contributed by atoms with Crippen LogP contribution in [0, 0.1) is 47.3 Å².